The number of likely N-dealkylation sites (N-methyl/N-ethyl adjacent to an activating group) is 1. The highest BCUT2D eigenvalue weighted by molar-refractivity contribution is 6.37. The highest BCUT2D eigenvalue weighted by Crippen LogP contribution is 2.52. The molecule has 10 heteroatoms. The van der Waals surface area contributed by atoms with Crippen molar-refractivity contribution in [1.29, 1.82) is 0 Å². The first kappa shape index (κ1) is 33.8. The van der Waals surface area contributed by atoms with E-state index in [9.17, 15) is 24.0 Å². The van der Waals surface area contributed by atoms with Gasteiger partial charge in [-0.2, -0.15) is 0 Å². The molecule has 3 aliphatic carbocycles. The largest absolute Gasteiger partial charge is 0.444 e. The van der Waals surface area contributed by atoms with Crippen LogP contribution in [0.15, 0.2) is 0 Å². The van der Waals surface area contributed by atoms with Crippen LogP contribution in [0.3, 0.4) is 0 Å². The monoisotopic (exact) mass is 590 g/mol. The third kappa shape index (κ3) is 9.17. The lowest BCUT2D eigenvalue weighted by atomic mass is 9.80. The number of hydrogen-bond acceptors (Lipinski definition) is 6. The van der Waals surface area contributed by atoms with E-state index in [2.05, 4.69) is 10.6 Å². The molecule has 0 aromatic rings. The molecule has 4 N–H and O–H groups in total. The first-order chi connectivity index (χ1) is 19.5. The maximum absolute atomic E-state index is 14.2. The Labute approximate surface area is 251 Å². The molecule has 5 atom stereocenters. The van der Waals surface area contributed by atoms with Gasteiger partial charge in [0.25, 0.3) is 5.91 Å². The van der Waals surface area contributed by atoms with Gasteiger partial charge in [0.2, 0.25) is 17.6 Å². The van der Waals surface area contributed by atoms with E-state index in [-0.39, 0.29) is 18.4 Å². The minimum absolute atomic E-state index is 0.234. The molecule has 3 fully saturated rings. The molecule has 0 bridgehead atoms. The number of carbonyl (C=O) groups is 5. The van der Waals surface area contributed by atoms with Crippen LogP contribution in [0, 0.1) is 29.1 Å². The molecule has 0 aliphatic heterocycles. The minimum Gasteiger partial charge on any atom is -0.444 e. The van der Waals surface area contributed by atoms with Crippen molar-refractivity contribution in [3.8, 4) is 0 Å². The number of ether oxygens (including phenoxy) is 1. The van der Waals surface area contributed by atoms with Crippen molar-refractivity contribution in [2.45, 2.75) is 136 Å². The lowest BCUT2D eigenvalue weighted by molar-refractivity contribution is -0.145. The Balaban J connectivity index is 1.87. The van der Waals surface area contributed by atoms with Crippen LogP contribution < -0.4 is 16.4 Å². The van der Waals surface area contributed by atoms with Crippen LogP contribution in [0.25, 0.3) is 0 Å². The summed E-state index contributed by atoms with van der Waals surface area (Å²) in [6.07, 6.45) is 8.96. The summed E-state index contributed by atoms with van der Waals surface area (Å²) in [4.78, 5) is 67.1. The van der Waals surface area contributed by atoms with Crippen LogP contribution in [-0.2, 0) is 23.9 Å². The van der Waals surface area contributed by atoms with Crippen molar-refractivity contribution in [1.82, 2.24) is 15.5 Å². The maximum atomic E-state index is 14.2. The van der Waals surface area contributed by atoms with Crippen LogP contribution in [0.5, 0.6) is 0 Å². The van der Waals surface area contributed by atoms with Crippen LogP contribution >= 0.6 is 0 Å². The SMILES string of the molecule is CCN(C(=O)[C@@H](NC(=O)OC(C)(C)C)C(C)(C)C)[C@@H](CC1CC1C1CCCC1)C(=O)NC(CC1CCC1)C(=O)C(N)=O. The number of nitrogens with two attached hydrogens (primary N) is 1. The second-order valence-electron chi connectivity index (χ2n) is 14.8. The van der Waals surface area contributed by atoms with E-state index in [1.165, 1.54) is 30.6 Å². The molecular formula is C32H54N4O6. The van der Waals surface area contributed by atoms with Crippen molar-refractivity contribution in [2.24, 2.45) is 34.8 Å². The number of nitrogens with zero attached hydrogens (tertiary/aromatic N) is 1. The summed E-state index contributed by atoms with van der Waals surface area (Å²) in [5.41, 5.74) is 3.94. The molecule has 3 aliphatic rings. The Morgan fingerprint density at radius 2 is 1.52 bits per heavy atom. The highest BCUT2D eigenvalue weighted by Gasteiger charge is 2.48. The van der Waals surface area contributed by atoms with Gasteiger partial charge in [0.15, 0.2) is 0 Å². The standard InChI is InChI=1S/C32H54N4O6/c1-8-36(29(40)26(31(2,3)4)35-30(41)42-32(5,6)7)24(18-21-17-22(21)20-14-9-10-15-20)28(39)34-23(25(37)27(33)38)16-19-12-11-13-19/h19-24,26H,8-18H2,1-7H3,(H2,33,38)(H,34,39)(H,35,41)/t21?,22?,23?,24-,26+/m0/s1. The van der Waals surface area contributed by atoms with E-state index in [0.29, 0.717) is 30.6 Å². The van der Waals surface area contributed by atoms with Crippen LogP contribution in [-0.4, -0.2) is 64.8 Å². The topological polar surface area (TPSA) is 148 Å². The maximum Gasteiger partial charge on any atom is 0.408 e. The second kappa shape index (κ2) is 13.8. The van der Waals surface area contributed by atoms with Gasteiger partial charge in [-0.05, 0) is 76.0 Å². The normalized spacial score (nSPS) is 23.2. The van der Waals surface area contributed by atoms with Gasteiger partial charge in [-0.15, -0.1) is 0 Å². The summed E-state index contributed by atoms with van der Waals surface area (Å²) in [6.45, 7) is 12.9. The Morgan fingerprint density at radius 3 is 2.00 bits per heavy atom. The summed E-state index contributed by atoms with van der Waals surface area (Å²) in [7, 11) is 0. The molecule has 3 unspecified atom stereocenters. The average Bonchev–Trinajstić information content (AvgIpc) is 3.39. The number of rotatable bonds is 13. The van der Waals surface area contributed by atoms with Gasteiger partial charge < -0.3 is 26.0 Å². The van der Waals surface area contributed by atoms with Crippen molar-refractivity contribution in [3.05, 3.63) is 0 Å². The first-order valence-corrected chi connectivity index (χ1v) is 16.0. The Morgan fingerprint density at radius 1 is 0.905 bits per heavy atom. The van der Waals surface area contributed by atoms with Gasteiger partial charge in [-0.1, -0.05) is 65.7 Å². The predicted octanol–water partition coefficient (Wildman–Crippen LogP) is 4.09. The lowest BCUT2D eigenvalue weighted by Crippen LogP contribution is -2.61. The van der Waals surface area contributed by atoms with E-state index < -0.39 is 52.8 Å². The van der Waals surface area contributed by atoms with E-state index >= 15 is 0 Å². The molecule has 0 saturated heterocycles. The number of amides is 4. The zero-order chi connectivity index (χ0) is 31.4. The van der Waals surface area contributed by atoms with Crippen molar-refractivity contribution < 1.29 is 28.7 Å². The zero-order valence-electron chi connectivity index (χ0n) is 26.8. The van der Waals surface area contributed by atoms with Crippen molar-refractivity contribution in [2.75, 3.05) is 6.54 Å². The van der Waals surface area contributed by atoms with Gasteiger partial charge in [-0.3, -0.25) is 19.2 Å². The predicted molar refractivity (Wildman–Crippen MR) is 160 cm³/mol. The Kier molecular flexibility index (Phi) is 11.1. The van der Waals surface area contributed by atoms with E-state index in [1.807, 2.05) is 27.7 Å². The van der Waals surface area contributed by atoms with Crippen molar-refractivity contribution in [3.63, 3.8) is 0 Å². The number of nitrogens with one attached hydrogen (secondary N) is 2. The Hall–Kier alpha value is -2.65. The van der Waals surface area contributed by atoms with Crippen molar-refractivity contribution >= 4 is 29.6 Å². The highest BCUT2D eigenvalue weighted by atomic mass is 16.6. The molecule has 238 valence electrons. The zero-order valence-corrected chi connectivity index (χ0v) is 26.8. The van der Waals surface area contributed by atoms with E-state index in [4.69, 9.17) is 10.5 Å². The summed E-state index contributed by atoms with van der Waals surface area (Å²) < 4.78 is 5.45. The number of primary amides is 1. The van der Waals surface area contributed by atoms with E-state index in [0.717, 1.165) is 25.7 Å². The minimum atomic E-state index is -1.07. The van der Waals surface area contributed by atoms with Gasteiger partial charge in [-0.25, -0.2) is 4.79 Å². The molecule has 0 radical (unpaired) electrons. The summed E-state index contributed by atoms with van der Waals surface area (Å²) in [5.74, 6) is -0.974. The molecule has 0 aromatic heterocycles. The third-order valence-corrected chi connectivity index (χ3v) is 9.25. The molecule has 0 heterocycles. The quantitative estimate of drug-likeness (QED) is 0.275. The fourth-order valence-electron chi connectivity index (χ4n) is 6.67. The van der Waals surface area contributed by atoms with Gasteiger partial charge in [0.05, 0.1) is 6.04 Å². The second-order valence-corrected chi connectivity index (χ2v) is 14.8. The van der Waals surface area contributed by atoms with Gasteiger partial charge >= 0.3 is 6.09 Å². The van der Waals surface area contributed by atoms with Gasteiger partial charge in [0, 0.05) is 6.54 Å². The summed E-state index contributed by atoms with van der Waals surface area (Å²) >= 11 is 0. The molecule has 10 nitrogen and oxygen atoms in total. The fraction of sp³-hybridized carbons (Fsp3) is 0.844. The molecule has 4 amide bonds. The number of alkyl carbamates (subject to hydrolysis) is 1. The smallest absolute Gasteiger partial charge is 0.408 e. The number of hydrogen-bond donors (Lipinski definition) is 3. The number of ketones is 1. The number of carbonyl (C=O) groups excluding carboxylic acids is 5. The Bertz CT molecular complexity index is 1010. The lowest BCUT2D eigenvalue weighted by Gasteiger charge is -2.38. The first-order valence-electron chi connectivity index (χ1n) is 16.0. The molecule has 3 saturated carbocycles. The van der Waals surface area contributed by atoms with Crippen LogP contribution in [0.4, 0.5) is 4.79 Å². The molecular weight excluding hydrogens is 536 g/mol. The summed E-state index contributed by atoms with van der Waals surface area (Å²) in [6, 6.07) is -2.82. The molecule has 0 spiro atoms. The molecule has 0 aromatic carbocycles. The van der Waals surface area contributed by atoms with E-state index in [1.54, 1.807) is 20.8 Å². The van der Waals surface area contributed by atoms with Gasteiger partial charge in [0.1, 0.15) is 17.7 Å². The number of Topliss-reactive ketones (excluding diaryl/α,β-unsaturated/α-hetero) is 1. The molecule has 3 rings (SSSR count). The average molecular weight is 591 g/mol. The summed E-state index contributed by atoms with van der Waals surface area (Å²) in [5, 5.41) is 5.60. The van der Waals surface area contributed by atoms with Crippen LogP contribution in [0.1, 0.15) is 113 Å². The fourth-order valence-corrected chi connectivity index (χ4v) is 6.67. The molecule has 42 heavy (non-hydrogen) atoms. The third-order valence-electron chi connectivity index (χ3n) is 9.25. The van der Waals surface area contributed by atoms with Crippen LogP contribution in [0.2, 0.25) is 0 Å².